The Morgan fingerprint density at radius 3 is 2.52 bits per heavy atom. The van der Waals surface area contributed by atoms with E-state index >= 15 is 0 Å². The van der Waals surface area contributed by atoms with Gasteiger partial charge in [0.05, 0.1) is 14.2 Å². The Labute approximate surface area is 202 Å². The summed E-state index contributed by atoms with van der Waals surface area (Å²) in [4.78, 5) is 18.6. The van der Waals surface area contributed by atoms with Gasteiger partial charge in [-0.2, -0.15) is 0 Å². The summed E-state index contributed by atoms with van der Waals surface area (Å²) < 4.78 is 10.8. The van der Waals surface area contributed by atoms with E-state index in [1.807, 2.05) is 61.3 Å². The summed E-state index contributed by atoms with van der Waals surface area (Å²) in [6.45, 7) is 3.88. The Morgan fingerprint density at radius 1 is 1.10 bits per heavy atom. The largest absolute Gasteiger partial charge is 0.497 e. The van der Waals surface area contributed by atoms with Crippen molar-refractivity contribution in [2.45, 2.75) is 26.4 Å². The quantitative estimate of drug-likeness (QED) is 0.289. The van der Waals surface area contributed by atoms with Crippen LogP contribution in [0.2, 0.25) is 0 Å². The van der Waals surface area contributed by atoms with Gasteiger partial charge in [0.1, 0.15) is 11.5 Å². The van der Waals surface area contributed by atoms with Gasteiger partial charge in [-0.3, -0.25) is 9.79 Å². The summed E-state index contributed by atoms with van der Waals surface area (Å²) in [5, 5.41) is 6.26. The molecule has 0 unspecified atom stereocenters. The van der Waals surface area contributed by atoms with Crippen molar-refractivity contribution < 1.29 is 14.3 Å². The molecule has 0 radical (unpaired) electrons. The highest BCUT2D eigenvalue weighted by atomic mass is 127. The fourth-order valence-corrected chi connectivity index (χ4v) is 3.04. The van der Waals surface area contributed by atoms with Crippen molar-refractivity contribution in [3.8, 4) is 11.5 Å². The summed E-state index contributed by atoms with van der Waals surface area (Å²) in [6, 6.07) is 13.4. The first-order valence-corrected chi connectivity index (χ1v) is 10.0. The van der Waals surface area contributed by atoms with Crippen molar-refractivity contribution in [1.29, 1.82) is 0 Å². The number of guanidine groups is 1. The third kappa shape index (κ3) is 7.93. The number of nitrogens with zero attached hydrogens (tertiary/aromatic N) is 2. The number of rotatable bonds is 9. The van der Waals surface area contributed by atoms with Gasteiger partial charge in [0.2, 0.25) is 0 Å². The molecule has 1 amide bonds. The molecule has 2 aromatic rings. The number of methoxy groups -OCH3 is 2. The summed E-state index contributed by atoms with van der Waals surface area (Å²) in [6.07, 6.45) is 0.911. The highest BCUT2D eigenvalue weighted by molar-refractivity contribution is 14.0. The van der Waals surface area contributed by atoms with Gasteiger partial charge in [-0.05, 0) is 36.2 Å². The molecule has 170 valence electrons. The van der Waals surface area contributed by atoms with Crippen molar-refractivity contribution in [2.75, 3.05) is 34.9 Å². The summed E-state index contributed by atoms with van der Waals surface area (Å²) >= 11 is 0. The van der Waals surface area contributed by atoms with E-state index < -0.39 is 0 Å². The van der Waals surface area contributed by atoms with Crippen molar-refractivity contribution in [3.05, 3.63) is 59.2 Å². The average Bonchev–Trinajstić information content (AvgIpc) is 2.78. The Hall–Kier alpha value is -2.49. The molecule has 0 fully saturated rings. The first-order chi connectivity index (χ1) is 14.5. The van der Waals surface area contributed by atoms with Crippen LogP contribution in [0.4, 0.5) is 0 Å². The lowest BCUT2D eigenvalue weighted by atomic mass is 10.1. The zero-order valence-electron chi connectivity index (χ0n) is 18.9. The van der Waals surface area contributed by atoms with E-state index in [9.17, 15) is 4.79 Å². The first-order valence-electron chi connectivity index (χ1n) is 10.0. The Kier molecular flexibility index (Phi) is 11.8. The number of carbonyl (C=O) groups is 1. The molecule has 0 saturated heterocycles. The van der Waals surface area contributed by atoms with Crippen molar-refractivity contribution in [1.82, 2.24) is 15.5 Å². The number of amides is 1. The number of aliphatic imine (C=N–C) groups is 1. The monoisotopic (exact) mass is 540 g/mol. The summed E-state index contributed by atoms with van der Waals surface area (Å²) in [5.74, 6) is 2.21. The highest BCUT2D eigenvalue weighted by Crippen LogP contribution is 2.25. The van der Waals surface area contributed by atoms with Crippen LogP contribution in [0.1, 0.15) is 34.8 Å². The van der Waals surface area contributed by atoms with Crippen LogP contribution >= 0.6 is 24.0 Å². The van der Waals surface area contributed by atoms with E-state index in [4.69, 9.17) is 9.47 Å². The molecular weight excluding hydrogens is 507 g/mol. The summed E-state index contributed by atoms with van der Waals surface area (Å²) in [5.41, 5.74) is 2.70. The lowest BCUT2D eigenvalue weighted by molar-refractivity contribution is 0.0953. The van der Waals surface area contributed by atoms with E-state index in [0.29, 0.717) is 25.2 Å². The molecule has 0 aliphatic rings. The van der Waals surface area contributed by atoms with Gasteiger partial charge in [-0.15, -0.1) is 24.0 Å². The van der Waals surface area contributed by atoms with E-state index in [0.717, 1.165) is 35.0 Å². The van der Waals surface area contributed by atoms with Gasteiger partial charge >= 0.3 is 0 Å². The molecule has 0 aliphatic heterocycles. The second-order valence-corrected chi connectivity index (χ2v) is 6.89. The maximum atomic E-state index is 12.2. The van der Waals surface area contributed by atoms with Crippen LogP contribution in [0.25, 0.3) is 0 Å². The van der Waals surface area contributed by atoms with Crippen LogP contribution < -0.4 is 20.1 Å². The Bertz CT molecular complexity index is 874. The number of carbonyl (C=O) groups excluding carboxylic acids is 1. The minimum Gasteiger partial charge on any atom is -0.497 e. The van der Waals surface area contributed by atoms with Gasteiger partial charge < -0.3 is 25.0 Å². The minimum atomic E-state index is -0.0493. The predicted molar refractivity (Wildman–Crippen MR) is 136 cm³/mol. The molecule has 8 heteroatoms. The number of halogens is 1. The number of benzene rings is 2. The van der Waals surface area contributed by atoms with Crippen molar-refractivity contribution >= 4 is 35.8 Å². The van der Waals surface area contributed by atoms with Crippen LogP contribution in [-0.2, 0) is 13.1 Å². The van der Waals surface area contributed by atoms with Gasteiger partial charge in [0.25, 0.3) is 5.91 Å². The minimum absolute atomic E-state index is 0. The van der Waals surface area contributed by atoms with Crippen molar-refractivity contribution in [3.63, 3.8) is 0 Å². The average molecular weight is 540 g/mol. The third-order valence-electron chi connectivity index (χ3n) is 4.65. The molecule has 2 rings (SSSR count). The fraction of sp³-hybridized carbons (Fsp3) is 0.391. The van der Waals surface area contributed by atoms with Crippen LogP contribution in [0.3, 0.4) is 0 Å². The normalized spacial score (nSPS) is 10.7. The second kappa shape index (κ2) is 13.7. The molecular formula is C23H33IN4O3. The maximum absolute atomic E-state index is 12.2. The molecule has 0 bridgehead atoms. The number of ether oxygens (including phenoxy) is 2. The molecule has 0 atom stereocenters. The lowest BCUT2D eigenvalue weighted by Crippen LogP contribution is -2.38. The van der Waals surface area contributed by atoms with Crippen LogP contribution in [0, 0.1) is 0 Å². The first kappa shape index (κ1) is 26.5. The van der Waals surface area contributed by atoms with Gasteiger partial charge in [0.15, 0.2) is 5.96 Å². The Morgan fingerprint density at radius 2 is 1.87 bits per heavy atom. The molecule has 0 heterocycles. The Balaban J connectivity index is 0.00000480. The zero-order chi connectivity index (χ0) is 21.9. The third-order valence-corrected chi connectivity index (χ3v) is 4.65. The van der Waals surface area contributed by atoms with Gasteiger partial charge in [-0.1, -0.05) is 19.1 Å². The summed E-state index contributed by atoms with van der Waals surface area (Å²) in [7, 11) is 7.00. The van der Waals surface area contributed by atoms with E-state index in [2.05, 4.69) is 15.6 Å². The standard InChI is InChI=1S/C23H32N4O3.HI/c1-6-12-25-22(28)18-9-7-8-17(13-18)15-26-23(24-2)27(3)16-19-10-11-20(29-4)14-21(19)30-5;/h7-11,13-14H,6,12,15-16H2,1-5H3,(H,24,26)(H,25,28);1H. The molecule has 31 heavy (non-hydrogen) atoms. The smallest absolute Gasteiger partial charge is 0.251 e. The molecule has 7 nitrogen and oxygen atoms in total. The number of nitrogens with one attached hydrogen (secondary N) is 2. The van der Waals surface area contributed by atoms with E-state index in [1.54, 1.807) is 21.3 Å². The molecule has 0 spiro atoms. The molecule has 2 aromatic carbocycles. The maximum Gasteiger partial charge on any atom is 0.251 e. The zero-order valence-corrected chi connectivity index (χ0v) is 21.2. The van der Waals surface area contributed by atoms with Crippen LogP contribution in [0.15, 0.2) is 47.5 Å². The van der Waals surface area contributed by atoms with E-state index in [-0.39, 0.29) is 29.9 Å². The molecule has 2 N–H and O–H groups in total. The highest BCUT2D eigenvalue weighted by Gasteiger charge is 2.12. The van der Waals surface area contributed by atoms with Crippen LogP contribution in [0.5, 0.6) is 11.5 Å². The fourth-order valence-electron chi connectivity index (χ4n) is 3.04. The molecule has 0 saturated carbocycles. The molecule has 0 aliphatic carbocycles. The topological polar surface area (TPSA) is 75.2 Å². The van der Waals surface area contributed by atoms with Gasteiger partial charge in [0, 0.05) is 50.9 Å². The molecule has 0 aromatic heterocycles. The second-order valence-electron chi connectivity index (χ2n) is 6.89. The van der Waals surface area contributed by atoms with E-state index in [1.165, 1.54) is 0 Å². The lowest BCUT2D eigenvalue weighted by Gasteiger charge is -2.23. The van der Waals surface area contributed by atoms with Crippen molar-refractivity contribution in [2.24, 2.45) is 4.99 Å². The SMILES string of the molecule is CCCNC(=O)c1cccc(CNC(=NC)N(C)Cc2ccc(OC)cc2OC)c1.I. The number of hydrogen-bond donors (Lipinski definition) is 2. The number of hydrogen-bond acceptors (Lipinski definition) is 4. The van der Waals surface area contributed by atoms with Gasteiger partial charge in [-0.25, -0.2) is 0 Å². The van der Waals surface area contributed by atoms with Crippen LogP contribution in [-0.4, -0.2) is 51.6 Å². The predicted octanol–water partition coefficient (Wildman–Crippen LogP) is 3.67.